The topological polar surface area (TPSA) is 71.5 Å². The molecule has 0 saturated heterocycles. The van der Waals surface area contributed by atoms with Crippen LogP contribution in [0.25, 0.3) is 0 Å². The van der Waals surface area contributed by atoms with Crippen LogP contribution < -0.4 is 5.32 Å². The number of amides is 2. The van der Waals surface area contributed by atoms with Gasteiger partial charge in [0.05, 0.1) is 25.3 Å². The zero-order valence-electron chi connectivity index (χ0n) is 14.1. The van der Waals surface area contributed by atoms with Crippen LogP contribution in [0.15, 0.2) is 48.7 Å². The third kappa shape index (κ3) is 5.76. The van der Waals surface area contributed by atoms with E-state index in [-0.39, 0.29) is 25.1 Å². The summed E-state index contributed by atoms with van der Waals surface area (Å²) in [4.78, 5) is 30.1. The second-order valence-corrected chi connectivity index (χ2v) is 6.00. The molecule has 0 radical (unpaired) electrons. The van der Waals surface area contributed by atoms with E-state index in [0.717, 1.165) is 5.69 Å². The first kappa shape index (κ1) is 18.7. The normalized spacial score (nSPS) is 11.5. The Morgan fingerprint density at radius 2 is 1.96 bits per heavy atom. The van der Waals surface area contributed by atoms with Crippen LogP contribution in [0.5, 0.6) is 0 Å². The number of rotatable bonds is 6. The maximum Gasteiger partial charge on any atom is 0.322 e. The van der Waals surface area contributed by atoms with E-state index in [1.165, 1.54) is 12.0 Å². The fourth-order valence-electron chi connectivity index (χ4n) is 2.25. The monoisotopic (exact) mass is 361 g/mol. The molecule has 132 valence electrons. The minimum atomic E-state index is -0.454. The lowest BCUT2D eigenvalue weighted by Gasteiger charge is -2.25. The third-order valence-electron chi connectivity index (χ3n) is 3.56. The van der Waals surface area contributed by atoms with Gasteiger partial charge in [0, 0.05) is 23.5 Å². The number of carbonyl (C=O) groups excluding carboxylic acids is 2. The molecule has 0 aliphatic rings. The molecular formula is C18H20ClN3O3. The van der Waals surface area contributed by atoms with Crippen molar-refractivity contribution in [2.75, 3.05) is 19.0 Å². The molecule has 0 spiro atoms. The van der Waals surface area contributed by atoms with Gasteiger partial charge in [0.2, 0.25) is 0 Å². The first-order chi connectivity index (χ1) is 12.0. The first-order valence-corrected chi connectivity index (χ1v) is 8.16. The second-order valence-electron chi connectivity index (χ2n) is 5.56. The van der Waals surface area contributed by atoms with Gasteiger partial charge < -0.3 is 15.0 Å². The Hall–Kier alpha value is -2.60. The molecule has 1 unspecified atom stereocenters. The number of esters is 1. The first-order valence-electron chi connectivity index (χ1n) is 7.79. The number of carbonyl (C=O) groups is 2. The summed E-state index contributed by atoms with van der Waals surface area (Å²) in [5.74, 6) is -0.824. The van der Waals surface area contributed by atoms with Crippen LogP contribution in [0.3, 0.4) is 0 Å². The average molecular weight is 362 g/mol. The van der Waals surface area contributed by atoms with Crippen molar-refractivity contribution in [3.63, 3.8) is 0 Å². The van der Waals surface area contributed by atoms with Gasteiger partial charge in [-0.15, -0.1) is 0 Å². The van der Waals surface area contributed by atoms with Crippen LogP contribution in [-0.4, -0.2) is 35.5 Å². The Bertz CT molecular complexity index is 707. The number of hydrogen-bond acceptors (Lipinski definition) is 4. The van der Waals surface area contributed by atoms with Gasteiger partial charge in [-0.25, -0.2) is 4.79 Å². The van der Waals surface area contributed by atoms with E-state index in [1.807, 2.05) is 12.1 Å². The van der Waals surface area contributed by atoms with Crippen LogP contribution in [0.1, 0.15) is 12.6 Å². The van der Waals surface area contributed by atoms with E-state index in [0.29, 0.717) is 10.7 Å². The highest BCUT2D eigenvalue weighted by Gasteiger charge is 2.22. The largest absolute Gasteiger partial charge is 0.469 e. The molecule has 25 heavy (non-hydrogen) atoms. The fraction of sp³-hybridized carbons (Fsp3) is 0.278. The Morgan fingerprint density at radius 3 is 2.56 bits per heavy atom. The Balaban J connectivity index is 2.12. The number of urea groups is 1. The van der Waals surface area contributed by atoms with Gasteiger partial charge in [0.1, 0.15) is 0 Å². The van der Waals surface area contributed by atoms with E-state index in [2.05, 4.69) is 10.3 Å². The molecule has 2 rings (SSSR count). The SMILES string of the molecule is COC(=O)C(C)CN(Cc1ccccn1)C(=O)Nc1ccc(Cl)cc1. The summed E-state index contributed by atoms with van der Waals surface area (Å²) >= 11 is 5.85. The third-order valence-corrected chi connectivity index (χ3v) is 3.81. The molecule has 1 heterocycles. The molecule has 0 fully saturated rings. The molecule has 1 atom stereocenters. The number of ether oxygens (including phenoxy) is 1. The van der Waals surface area contributed by atoms with Crippen molar-refractivity contribution in [3.8, 4) is 0 Å². The maximum atomic E-state index is 12.7. The summed E-state index contributed by atoms with van der Waals surface area (Å²) in [5.41, 5.74) is 1.34. The quantitative estimate of drug-likeness (QED) is 0.798. The Labute approximate surface area is 151 Å². The number of pyridine rings is 1. The molecule has 1 aromatic heterocycles. The standard InChI is InChI=1S/C18H20ClN3O3/c1-13(17(23)25-2)11-22(12-16-5-3-4-10-20-16)18(24)21-15-8-6-14(19)7-9-15/h3-10,13H,11-12H2,1-2H3,(H,21,24). The van der Waals surface area contributed by atoms with E-state index in [1.54, 1.807) is 43.5 Å². The summed E-state index contributed by atoms with van der Waals surface area (Å²) in [7, 11) is 1.33. The lowest BCUT2D eigenvalue weighted by Crippen LogP contribution is -2.39. The number of hydrogen-bond donors (Lipinski definition) is 1. The average Bonchev–Trinajstić information content (AvgIpc) is 2.63. The molecule has 0 saturated carbocycles. The van der Waals surface area contributed by atoms with Gasteiger partial charge in [0.25, 0.3) is 0 Å². The second kappa shape index (κ2) is 9.03. The van der Waals surface area contributed by atoms with Crippen molar-refractivity contribution in [1.82, 2.24) is 9.88 Å². The number of methoxy groups -OCH3 is 1. The Morgan fingerprint density at radius 1 is 1.24 bits per heavy atom. The zero-order valence-corrected chi connectivity index (χ0v) is 14.9. The van der Waals surface area contributed by atoms with Gasteiger partial charge in [-0.05, 0) is 36.4 Å². The van der Waals surface area contributed by atoms with Crippen LogP contribution in [0, 0.1) is 5.92 Å². The summed E-state index contributed by atoms with van der Waals surface area (Å²) in [6.45, 7) is 2.21. The van der Waals surface area contributed by atoms with E-state index >= 15 is 0 Å². The van der Waals surface area contributed by atoms with Gasteiger partial charge in [-0.1, -0.05) is 24.6 Å². The molecule has 2 amide bonds. The van der Waals surface area contributed by atoms with Crippen LogP contribution >= 0.6 is 11.6 Å². The predicted molar refractivity (Wildman–Crippen MR) is 96.3 cm³/mol. The van der Waals surface area contributed by atoms with E-state index < -0.39 is 5.92 Å². The van der Waals surface area contributed by atoms with Gasteiger partial charge in [0.15, 0.2) is 0 Å². The van der Waals surface area contributed by atoms with Crippen molar-refractivity contribution in [2.24, 2.45) is 5.92 Å². The van der Waals surface area contributed by atoms with E-state index in [9.17, 15) is 9.59 Å². The zero-order chi connectivity index (χ0) is 18.2. The smallest absolute Gasteiger partial charge is 0.322 e. The number of halogens is 1. The molecule has 0 bridgehead atoms. The number of nitrogens with zero attached hydrogens (tertiary/aromatic N) is 2. The minimum Gasteiger partial charge on any atom is -0.469 e. The minimum absolute atomic E-state index is 0.211. The molecule has 0 aliphatic carbocycles. The molecule has 2 aromatic rings. The maximum absolute atomic E-state index is 12.7. The van der Waals surface area contributed by atoms with Gasteiger partial charge in [-0.3, -0.25) is 9.78 Å². The molecule has 1 N–H and O–H groups in total. The van der Waals surface area contributed by atoms with Crippen molar-refractivity contribution in [2.45, 2.75) is 13.5 Å². The van der Waals surface area contributed by atoms with Crippen molar-refractivity contribution < 1.29 is 14.3 Å². The van der Waals surface area contributed by atoms with Crippen LogP contribution in [-0.2, 0) is 16.1 Å². The molecule has 7 heteroatoms. The van der Waals surface area contributed by atoms with Gasteiger partial charge in [-0.2, -0.15) is 0 Å². The van der Waals surface area contributed by atoms with E-state index in [4.69, 9.17) is 16.3 Å². The highest BCUT2D eigenvalue weighted by molar-refractivity contribution is 6.30. The van der Waals surface area contributed by atoms with Crippen molar-refractivity contribution in [1.29, 1.82) is 0 Å². The summed E-state index contributed by atoms with van der Waals surface area (Å²) < 4.78 is 4.75. The molecular weight excluding hydrogens is 342 g/mol. The predicted octanol–water partition coefficient (Wildman–Crippen LogP) is 3.58. The number of aromatic nitrogens is 1. The molecule has 1 aromatic carbocycles. The summed E-state index contributed by atoms with van der Waals surface area (Å²) in [6, 6.07) is 12.0. The summed E-state index contributed by atoms with van der Waals surface area (Å²) in [5, 5.41) is 3.39. The van der Waals surface area contributed by atoms with Crippen molar-refractivity contribution in [3.05, 3.63) is 59.4 Å². The number of anilines is 1. The Kier molecular flexibility index (Phi) is 6.77. The highest BCUT2D eigenvalue weighted by atomic mass is 35.5. The van der Waals surface area contributed by atoms with Gasteiger partial charge >= 0.3 is 12.0 Å². The molecule has 6 nitrogen and oxygen atoms in total. The van der Waals surface area contributed by atoms with Crippen LogP contribution in [0.2, 0.25) is 5.02 Å². The fourth-order valence-corrected chi connectivity index (χ4v) is 2.37. The van der Waals surface area contributed by atoms with Crippen molar-refractivity contribution >= 4 is 29.3 Å². The lowest BCUT2D eigenvalue weighted by molar-refractivity contribution is -0.145. The number of nitrogens with one attached hydrogen (secondary N) is 1. The summed E-state index contributed by atoms with van der Waals surface area (Å²) in [6.07, 6.45) is 1.66. The lowest BCUT2D eigenvalue weighted by atomic mass is 10.1. The number of benzene rings is 1. The molecule has 0 aliphatic heterocycles. The highest BCUT2D eigenvalue weighted by Crippen LogP contribution is 2.15. The van der Waals surface area contributed by atoms with Crippen LogP contribution in [0.4, 0.5) is 10.5 Å².